The van der Waals surface area contributed by atoms with Gasteiger partial charge in [0.05, 0.1) is 16.9 Å². The van der Waals surface area contributed by atoms with E-state index >= 15 is 0 Å². The summed E-state index contributed by atoms with van der Waals surface area (Å²) in [5, 5.41) is 9.29. The fraction of sp³-hybridized carbons (Fsp3) is 0.182. The first kappa shape index (κ1) is 13.7. The third-order valence-electron chi connectivity index (χ3n) is 2.43. The van der Waals surface area contributed by atoms with Crippen LogP contribution in [-0.4, -0.2) is 23.5 Å². The van der Waals surface area contributed by atoms with Crippen LogP contribution < -0.4 is 4.72 Å². The van der Waals surface area contributed by atoms with Crippen LogP contribution in [0.1, 0.15) is 12.7 Å². The number of nitrogens with one attached hydrogen (secondary N) is 2. The number of H-pyrrole nitrogens is 1. The van der Waals surface area contributed by atoms with Crippen molar-refractivity contribution in [1.29, 1.82) is 0 Å². The molecule has 1 heterocycles. The van der Waals surface area contributed by atoms with Gasteiger partial charge in [-0.2, -0.15) is 8.42 Å². The van der Waals surface area contributed by atoms with Crippen molar-refractivity contribution in [2.24, 2.45) is 0 Å². The summed E-state index contributed by atoms with van der Waals surface area (Å²) in [6, 6.07) is 3.98. The molecule has 6 nitrogen and oxygen atoms in total. The van der Waals surface area contributed by atoms with Gasteiger partial charge in [-0.15, -0.1) is 0 Å². The number of hydrogen-bond donors (Lipinski definition) is 3. The Labute approximate surface area is 115 Å². The smallest absolute Gasteiger partial charge is 0.279 e. The lowest BCUT2D eigenvalue weighted by Crippen LogP contribution is -2.13. The van der Waals surface area contributed by atoms with E-state index in [1.807, 2.05) is 6.92 Å². The van der Waals surface area contributed by atoms with Crippen LogP contribution in [0.25, 0.3) is 0 Å². The number of aryl methyl sites for hydroxylation is 1. The van der Waals surface area contributed by atoms with Gasteiger partial charge in [0.1, 0.15) is 11.6 Å². The van der Waals surface area contributed by atoms with E-state index in [0.29, 0.717) is 12.2 Å². The van der Waals surface area contributed by atoms with Crippen LogP contribution in [0.5, 0.6) is 5.75 Å². The maximum absolute atomic E-state index is 12.1. The molecule has 0 spiro atoms. The average molecular weight is 302 g/mol. The highest BCUT2D eigenvalue weighted by Crippen LogP contribution is 2.27. The third kappa shape index (κ3) is 2.99. The Kier molecular flexibility index (Phi) is 3.68. The molecule has 0 aliphatic carbocycles. The quantitative estimate of drug-likeness (QED) is 0.754. The van der Waals surface area contributed by atoms with Crippen LogP contribution in [0, 0.1) is 0 Å². The van der Waals surface area contributed by atoms with E-state index in [0.717, 1.165) is 0 Å². The molecule has 2 aromatic rings. The summed E-state index contributed by atoms with van der Waals surface area (Å²) in [6.45, 7) is 1.86. The van der Waals surface area contributed by atoms with Crippen molar-refractivity contribution in [3.05, 3.63) is 35.2 Å². The third-order valence-corrected chi connectivity index (χ3v) is 4.01. The maximum atomic E-state index is 12.1. The van der Waals surface area contributed by atoms with Crippen molar-refractivity contribution >= 4 is 27.3 Å². The molecule has 1 aromatic carbocycles. The van der Waals surface area contributed by atoms with E-state index in [1.165, 1.54) is 24.4 Å². The lowest BCUT2D eigenvalue weighted by atomic mass is 10.3. The highest BCUT2D eigenvalue weighted by Gasteiger charge is 2.18. The second-order valence-corrected chi connectivity index (χ2v) is 5.88. The van der Waals surface area contributed by atoms with E-state index in [1.54, 1.807) is 0 Å². The predicted molar refractivity (Wildman–Crippen MR) is 71.9 cm³/mol. The summed E-state index contributed by atoms with van der Waals surface area (Å²) in [6.07, 6.45) is 1.85. The molecule has 8 heteroatoms. The lowest BCUT2D eigenvalue weighted by Gasteiger charge is -2.08. The summed E-state index contributed by atoms with van der Waals surface area (Å²) in [5.74, 6) is 0.542. The number of rotatable bonds is 4. The topological polar surface area (TPSA) is 95.1 Å². The van der Waals surface area contributed by atoms with Crippen LogP contribution in [-0.2, 0) is 16.4 Å². The SMILES string of the molecule is CCc1ncc(S(=O)(=O)Nc2ccc(O)cc2Cl)[nH]1. The van der Waals surface area contributed by atoms with E-state index in [9.17, 15) is 13.5 Å². The van der Waals surface area contributed by atoms with Gasteiger partial charge >= 0.3 is 0 Å². The van der Waals surface area contributed by atoms with Crippen LogP contribution in [0.15, 0.2) is 29.4 Å². The van der Waals surface area contributed by atoms with Crippen molar-refractivity contribution < 1.29 is 13.5 Å². The zero-order chi connectivity index (χ0) is 14.0. The summed E-state index contributed by atoms with van der Waals surface area (Å²) in [7, 11) is -3.77. The monoisotopic (exact) mass is 301 g/mol. The fourth-order valence-corrected chi connectivity index (χ4v) is 2.75. The van der Waals surface area contributed by atoms with Gasteiger partial charge in [-0.05, 0) is 12.1 Å². The van der Waals surface area contributed by atoms with Crippen LogP contribution in [0.4, 0.5) is 5.69 Å². The second kappa shape index (κ2) is 5.10. The van der Waals surface area contributed by atoms with E-state index in [-0.39, 0.29) is 21.5 Å². The van der Waals surface area contributed by atoms with Crippen molar-refractivity contribution in [3.63, 3.8) is 0 Å². The number of imidazole rings is 1. The van der Waals surface area contributed by atoms with Gasteiger partial charge in [-0.1, -0.05) is 18.5 Å². The number of aromatic amines is 1. The van der Waals surface area contributed by atoms with Crippen LogP contribution in [0.3, 0.4) is 0 Å². The molecule has 3 N–H and O–H groups in total. The predicted octanol–water partition coefficient (Wildman–Crippen LogP) is 2.13. The molecule has 0 aliphatic heterocycles. The Morgan fingerprint density at radius 3 is 2.79 bits per heavy atom. The number of aromatic nitrogens is 2. The minimum atomic E-state index is -3.77. The summed E-state index contributed by atoms with van der Waals surface area (Å²) < 4.78 is 26.5. The Morgan fingerprint density at radius 1 is 1.47 bits per heavy atom. The molecule has 0 unspecified atom stereocenters. The molecule has 2 rings (SSSR count). The summed E-state index contributed by atoms with van der Waals surface area (Å²) >= 11 is 5.84. The Morgan fingerprint density at radius 2 is 2.21 bits per heavy atom. The minimum Gasteiger partial charge on any atom is -0.508 e. The molecule has 0 saturated carbocycles. The molecule has 1 aromatic heterocycles. The van der Waals surface area contributed by atoms with Crippen LogP contribution in [0.2, 0.25) is 5.02 Å². The standard InChI is InChI=1S/C11H12ClN3O3S/c1-2-10-13-6-11(14-10)19(17,18)15-9-4-3-7(16)5-8(9)12/h3-6,15-16H,2H2,1H3,(H,13,14). The summed E-state index contributed by atoms with van der Waals surface area (Å²) in [5.41, 5.74) is 0.187. The van der Waals surface area contributed by atoms with E-state index in [2.05, 4.69) is 14.7 Å². The molecule has 19 heavy (non-hydrogen) atoms. The van der Waals surface area contributed by atoms with Crippen molar-refractivity contribution in [2.45, 2.75) is 18.4 Å². The lowest BCUT2D eigenvalue weighted by molar-refractivity contribution is 0.475. The van der Waals surface area contributed by atoms with Gasteiger partial charge in [0, 0.05) is 12.5 Å². The van der Waals surface area contributed by atoms with E-state index < -0.39 is 10.0 Å². The van der Waals surface area contributed by atoms with E-state index in [4.69, 9.17) is 11.6 Å². The van der Waals surface area contributed by atoms with Gasteiger partial charge in [0.25, 0.3) is 10.0 Å². The van der Waals surface area contributed by atoms with Crippen molar-refractivity contribution in [3.8, 4) is 5.75 Å². The molecule has 0 saturated heterocycles. The first-order valence-corrected chi connectivity index (χ1v) is 7.33. The maximum Gasteiger partial charge on any atom is 0.279 e. The van der Waals surface area contributed by atoms with Crippen LogP contribution >= 0.6 is 11.6 Å². The Bertz CT molecular complexity index is 697. The number of sulfonamides is 1. The van der Waals surface area contributed by atoms with Crippen molar-refractivity contribution in [2.75, 3.05) is 4.72 Å². The molecule has 0 radical (unpaired) electrons. The highest BCUT2D eigenvalue weighted by molar-refractivity contribution is 7.92. The largest absolute Gasteiger partial charge is 0.508 e. The molecule has 0 fully saturated rings. The number of aromatic hydroxyl groups is 1. The molecular weight excluding hydrogens is 290 g/mol. The Hall–Kier alpha value is -1.73. The molecule has 0 atom stereocenters. The first-order valence-electron chi connectivity index (χ1n) is 5.47. The van der Waals surface area contributed by atoms with Crippen molar-refractivity contribution in [1.82, 2.24) is 9.97 Å². The van der Waals surface area contributed by atoms with Gasteiger partial charge < -0.3 is 10.1 Å². The zero-order valence-electron chi connectivity index (χ0n) is 10.0. The molecule has 0 amide bonds. The number of hydrogen-bond acceptors (Lipinski definition) is 4. The highest BCUT2D eigenvalue weighted by atomic mass is 35.5. The Balaban J connectivity index is 2.30. The number of phenolic OH excluding ortho intramolecular Hbond substituents is 1. The van der Waals surface area contributed by atoms with Gasteiger partial charge in [-0.3, -0.25) is 4.72 Å². The average Bonchev–Trinajstić information content (AvgIpc) is 2.82. The minimum absolute atomic E-state index is 0.0338. The summed E-state index contributed by atoms with van der Waals surface area (Å²) in [4.78, 5) is 6.63. The van der Waals surface area contributed by atoms with Gasteiger partial charge in [0.2, 0.25) is 0 Å². The number of nitrogens with zero attached hydrogens (tertiary/aromatic N) is 1. The molecule has 0 aliphatic rings. The normalized spacial score (nSPS) is 11.5. The molecule has 0 bridgehead atoms. The number of phenols is 1. The fourth-order valence-electron chi connectivity index (χ4n) is 1.45. The number of halogens is 1. The van der Waals surface area contributed by atoms with Gasteiger partial charge in [-0.25, -0.2) is 4.98 Å². The first-order chi connectivity index (χ1) is 8.92. The second-order valence-electron chi connectivity index (χ2n) is 3.82. The molecular formula is C11H12ClN3O3S. The number of anilines is 1. The van der Waals surface area contributed by atoms with Gasteiger partial charge in [0.15, 0.2) is 5.03 Å². The number of benzene rings is 1. The zero-order valence-corrected chi connectivity index (χ0v) is 11.6. The molecule has 102 valence electrons.